The standard InChI is InChI=1S/C16H22BrFN4O.HI/c1-3-15(23)22-7-6-13(10-22)21-16(19-2)20-9-11-4-5-12(17)8-14(11)18;/h4-5,8,13H,3,6-7,9-10H2,1-2H3,(H2,19,20,21);1H. The summed E-state index contributed by atoms with van der Waals surface area (Å²) >= 11 is 3.24. The maximum absolute atomic E-state index is 13.8. The van der Waals surface area contributed by atoms with Gasteiger partial charge in [0.2, 0.25) is 5.91 Å². The highest BCUT2D eigenvalue weighted by molar-refractivity contribution is 14.0. The smallest absolute Gasteiger partial charge is 0.222 e. The van der Waals surface area contributed by atoms with Crippen LogP contribution in [0.3, 0.4) is 0 Å². The minimum Gasteiger partial charge on any atom is -0.352 e. The second-order valence-electron chi connectivity index (χ2n) is 5.48. The van der Waals surface area contributed by atoms with Gasteiger partial charge in [-0.05, 0) is 18.6 Å². The van der Waals surface area contributed by atoms with Crippen molar-refractivity contribution in [2.45, 2.75) is 32.4 Å². The molecule has 0 bridgehead atoms. The predicted octanol–water partition coefficient (Wildman–Crippen LogP) is 2.88. The average molecular weight is 513 g/mol. The molecule has 1 aromatic rings. The van der Waals surface area contributed by atoms with Gasteiger partial charge in [-0.2, -0.15) is 0 Å². The van der Waals surface area contributed by atoms with Crippen LogP contribution in [0, 0.1) is 5.82 Å². The molecule has 134 valence electrons. The normalized spacial score (nSPS) is 17.4. The van der Waals surface area contributed by atoms with Crippen molar-refractivity contribution < 1.29 is 9.18 Å². The van der Waals surface area contributed by atoms with E-state index in [-0.39, 0.29) is 41.7 Å². The lowest BCUT2D eigenvalue weighted by atomic mass is 10.2. The second-order valence-corrected chi connectivity index (χ2v) is 6.40. The minimum atomic E-state index is -0.261. The fourth-order valence-electron chi connectivity index (χ4n) is 2.56. The summed E-state index contributed by atoms with van der Waals surface area (Å²) in [6.07, 6.45) is 1.42. The first-order valence-corrected chi connectivity index (χ1v) is 8.51. The molecular weight excluding hydrogens is 490 g/mol. The molecular formula is C16H23BrFIN4O. The van der Waals surface area contributed by atoms with E-state index in [1.54, 1.807) is 13.1 Å². The Morgan fingerprint density at radius 1 is 1.50 bits per heavy atom. The lowest BCUT2D eigenvalue weighted by Crippen LogP contribution is -2.44. The number of likely N-dealkylation sites (tertiary alicyclic amines) is 1. The van der Waals surface area contributed by atoms with Crippen LogP contribution < -0.4 is 10.6 Å². The molecule has 1 atom stereocenters. The fraction of sp³-hybridized carbons (Fsp3) is 0.500. The van der Waals surface area contributed by atoms with Crippen LogP contribution in [-0.4, -0.2) is 42.9 Å². The van der Waals surface area contributed by atoms with Crippen molar-refractivity contribution in [3.63, 3.8) is 0 Å². The van der Waals surface area contributed by atoms with E-state index < -0.39 is 0 Å². The Morgan fingerprint density at radius 2 is 2.25 bits per heavy atom. The van der Waals surface area contributed by atoms with Crippen molar-refractivity contribution in [1.29, 1.82) is 0 Å². The number of carbonyl (C=O) groups is 1. The molecule has 24 heavy (non-hydrogen) atoms. The van der Waals surface area contributed by atoms with Gasteiger partial charge in [0.15, 0.2) is 5.96 Å². The number of rotatable bonds is 4. The Labute approximate surface area is 167 Å². The van der Waals surface area contributed by atoms with E-state index in [2.05, 4.69) is 31.6 Å². The number of aliphatic imine (C=N–C) groups is 1. The second kappa shape index (κ2) is 10.2. The van der Waals surface area contributed by atoms with E-state index in [1.807, 2.05) is 17.9 Å². The summed E-state index contributed by atoms with van der Waals surface area (Å²) < 4.78 is 14.5. The van der Waals surface area contributed by atoms with Gasteiger partial charge in [0.1, 0.15) is 5.82 Å². The molecule has 0 radical (unpaired) electrons. The summed E-state index contributed by atoms with van der Waals surface area (Å²) in [5.41, 5.74) is 0.574. The third-order valence-electron chi connectivity index (χ3n) is 3.87. The number of nitrogens with one attached hydrogen (secondary N) is 2. The highest BCUT2D eigenvalue weighted by Crippen LogP contribution is 2.15. The number of hydrogen-bond acceptors (Lipinski definition) is 2. The number of hydrogen-bond donors (Lipinski definition) is 2. The highest BCUT2D eigenvalue weighted by Gasteiger charge is 2.25. The van der Waals surface area contributed by atoms with Crippen LogP contribution >= 0.6 is 39.9 Å². The van der Waals surface area contributed by atoms with E-state index in [0.717, 1.165) is 13.0 Å². The number of benzene rings is 1. The van der Waals surface area contributed by atoms with Crippen LogP contribution in [0.5, 0.6) is 0 Å². The minimum absolute atomic E-state index is 0. The number of nitrogens with zero attached hydrogens (tertiary/aromatic N) is 2. The SMILES string of the molecule is CCC(=O)N1CCC(NC(=NC)NCc2ccc(Br)cc2F)C1.I. The zero-order chi connectivity index (χ0) is 16.8. The molecule has 1 amide bonds. The molecule has 0 saturated carbocycles. The molecule has 5 nitrogen and oxygen atoms in total. The Balaban J connectivity index is 0.00000288. The predicted molar refractivity (Wildman–Crippen MR) is 108 cm³/mol. The summed E-state index contributed by atoms with van der Waals surface area (Å²) in [7, 11) is 1.68. The van der Waals surface area contributed by atoms with Gasteiger partial charge >= 0.3 is 0 Å². The zero-order valence-corrected chi connectivity index (χ0v) is 17.7. The van der Waals surface area contributed by atoms with Crippen LogP contribution in [0.4, 0.5) is 4.39 Å². The number of amides is 1. The summed E-state index contributed by atoms with van der Waals surface area (Å²) in [4.78, 5) is 17.7. The van der Waals surface area contributed by atoms with E-state index in [0.29, 0.717) is 35.5 Å². The van der Waals surface area contributed by atoms with Gasteiger partial charge in [0, 0.05) is 49.2 Å². The Morgan fingerprint density at radius 3 is 2.88 bits per heavy atom. The van der Waals surface area contributed by atoms with Gasteiger partial charge in [0.25, 0.3) is 0 Å². The summed E-state index contributed by atoms with van der Waals surface area (Å²) in [5, 5.41) is 6.40. The lowest BCUT2D eigenvalue weighted by molar-refractivity contribution is -0.129. The van der Waals surface area contributed by atoms with E-state index >= 15 is 0 Å². The molecule has 1 heterocycles. The topological polar surface area (TPSA) is 56.7 Å². The van der Waals surface area contributed by atoms with Crippen LogP contribution in [0.15, 0.2) is 27.7 Å². The summed E-state index contributed by atoms with van der Waals surface area (Å²) in [6, 6.07) is 5.16. The van der Waals surface area contributed by atoms with Crippen LogP contribution in [-0.2, 0) is 11.3 Å². The van der Waals surface area contributed by atoms with Crippen molar-refractivity contribution >= 4 is 51.8 Å². The number of halogens is 3. The van der Waals surface area contributed by atoms with Gasteiger partial charge < -0.3 is 15.5 Å². The molecule has 1 fully saturated rings. The molecule has 0 aliphatic carbocycles. The maximum atomic E-state index is 13.8. The number of carbonyl (C=O) groups excluding carboxylic acids is 1. The number of guanidine groups is 1. The summed E-state index contributed by atoms with van der Waals surface area (Å²) in [6.45, 7) is 3.67. The van der Waals surface area contributed by atoms with Crippen molar-refractivity contribution in [2.75, 3.05) is 20.1 Å². The first kappa shape index (κ1) is 21.1. The first-order chi connectivity index (χ1) is 11.0. The van der Waals surface area contributed by atoms with Gasteiger partial charge in [-0.3, -0.25) is 9.79 Å². The third kappa shape index (κ3) is 5.87. The van der Waals surface area contributed by atoms with Crippen LogP contribution in [0.25, 0.3) is 0 Å². The molecule has 1 aromatic carbocycles. The molecule has 1 aliphatic rings. The zero-order valence-electron chi connectivity index (χ0n) is 13.8. The Kier molecular flexibility index (Phi) is 8.96. The van der Waals surface area contributed by atoms with Crippen LogP contribution in [0.1, 0.15) is 25.3 Å². The van der Waals surface area contributed by atoms with Crippen molar-refractivity contribution in [3.8, 4) is 0 Å². The molecule has 0 aromatic heterocycles. The first-order valence-electron chi connectivity index (χ1n) is 7.72. The van der Waals surface area contributed by atoms with Gasteiger partial charge in [-0.15, -0.1) is 24.0 Å². The average Bonchev–Trinajstić information content (AvgIpc) is 3.00. The van der Waals surface area contributed by atoms with Gasteiger partial charge in [0.05, 0.1) is 0 Å². The monoisotopic (exact) mass is 512 g/mol. The van der Waals surface area contributed by atoms with Gasteiger partial charge in [-0.25, -0.2) is 4.39 Å². The third-order valence-corrected chi connectivity index (χ3v) is 4.36. The molecule has 2 N–H and O–H groups in total. The van der Waals surface area contributed by atoms with Gasteiger partial charge in [-0.1, -0.05) is 28.9 Å². The Hall–Kier alpha value is -0.900. The van der Waals surface area contributed by atoms with Crippen molar-refractivity contribution in [1.82, 2.24) is 15.5 Å². The largest absolute Gasteiger partial charge is 0.352 e. The molecule has 1 saturated heterocycles. The Bertz CT molecular complexity index is 599. The van der Waals surface area contributed by atoms with E-state index in [4.69, 9.17) is 0 Å². The van der Waals surface area contributed by atoms with Crippen LogP contribution in [0.2, 0.25) is 0 Å². The lowest BCUT2D eigenvalue weighted by Gasteiger charge is -2.19. The van der Waals surface area contributed by atoms with Crippen molar-refractivity contribution in [2.24, 2.45) is 4.99 Å². The summed E-state index contributed by atoms with van der Waals surface area (Å²) in [5.74, 6) is 0.528. The van der Waals surface area contributed by atoms with Crippen molar-refractivity contribution in [3.05, 3.63) is 34.1 Å². The maximum Gasteiger partial charge on any atom is 0.222 e. The molecule has 1 aliphatic heterocycles. The highest BCUT2D eigenvalue weighted by atomic mass is 127. The molecule has 0 spiro atoms. The molecule has 2 rings (SSSR count). The van der Waals surface area contributed by atoms with E-state index in [1.165, 1.54) is 6.07 Å². The molecule has 1 unspecified atom stereocenters. The van der Waals surface area contributed by atoms with E-state index in [9.17, 15) is 9.18 Å². The fourth-order valence-corrected chi connectivity index (χ4v) is 2.89. The molecule has 8 heteroatoms. The quantitative estimate of drug-likeness (QED) is 0.370.